The smallest absolute Gasteiger partial charge is 0.240 e. The van der Waals surface area contributed by atoms with Crippen molar-refractivity contribution in [2.45, 2.75) is 39.8 Å². The lowest BCUT2D eigenvalue weighted by atomic mass is 9.86. The van der Waals surface area contributed by atoms with E-state index in [4.69, 9.17) is 5.73 Å². The number of carbonyl (C=O) groups excluding carboxylic acids is 1. The van der Waals surface area contributed by atoms with Gasteiger partial charge in [-0.1, -0.05) is 32.9 Å². The van der Waals surface area contributed by atoms with E-state index in [0.29, 0.717) is 0 Å². The maximum atomic E-state index is 12.9. The van der Waals surface area contributed by atoms with Gasteiger partial charge in [-0.3, -0.25) is 4.79 Å². The second kappa shape index (κ2) is 5.70. The van der Waals surface area contributed by atoms with Gasteiger partial charge >= 0.3 is 0 Å². The second-order valence-corrected chi connectivity index (χ2v) is 6.02. The van der Waals surface area contributed by atoms with E-state index in [9.17, 15) is 9.18 Å². The summed E-state index contributed by atoms with van der Waals surface area (Å²) < 4.78 is 12.9. The second-order valence-electron chi connectivity index (χ2n) is 6.02. The van der Waals surface area contributed by atoms with Gasteiger partial charge in [0.15, 0.2) is 0 Å². The lowest BCUT2D eigenvalue weighted by Crippen LogP contribution is -2.49. The topological polar surface area (TPSA) is 46.3 Å². The van der Waals surface area contributed by atoms with Gasteiger partial charge < -0.3 is 10.6 Å². The van der Waals surface area contributed by atoms with E-state index in [2.05, 4.69) is 0 Å². The first-order valence-electron chi connectivity index (χ1n) is 6.42. The highest BCUT2D eigenvalue weighted by molar-refractivity contribution is 5.82. The number of likely N-dealkylation sites (N-methyl/N-ethyl adjacent to an activating group) is 1. The van der Waals surface area contributed by atoms with Crippen LogP contribution in [-0.2, 0) is 4.79 Å². The average Bonchev–Trinajstić information content (AvgIpc) is 2.35. The fourth-order valence-electron chi connectivity index (χ4n) is 1.75. The third-order valence-electron chi connectivity index (χ3n) is 3.48. The Labute approximate surface area is 114 Å². The first-order chi connectivity index (χ1) is 8.64. The maximum Gasteiger partial charge on any atom is 0.240 e. The monoisotopic (exact) mass is 266 g/mol. The molecule has 19 heavy (non-hydrogen) atoms. The van der Waals surface area contributed by atoms with Crippen LogP contribution in [0.1, 0.15) is 39.3 Å². The predicted octanol–water partition coefficient (Wildman–Crippen LogP) is 2.72. The summed E-state index contributed by atoms with van der Waals surface area (Å²) in [5.41, 5.74) is 6.59. The van der Waals surface area contributed by atoms with Gasteiger partial charge in [-0.25, -0.2) is 4.39 Å². The fraction of sp³-hybridized carbons (Fsp3) is 0.533. The van der Waals surface area contributed by atoms with Crippen LogP contribution in [0.4, 0.5) is 4.39 Å². The van der Waals surface area contributed by atoms with Crippen LogP contribution in [0.25, 0.3) is 0 Å². The molecule has 0 aliphatic carbocycles. The molecule has 4 heteroatoms. The number of benzene rings is 1. The molecule has 1 unspecified atom stereocenters. The molecule has 0 saturated carbocycles. The number of carbonyl (C=O) groups is 1. The van der Waals surface area contributed by atoms with Gasteiger partial charge in [-0.05, 0) is 30.0 Å². The zero-order valence-electron chi connectivity index (χ0n) is 12.3. The van der Waals surface area contributed by atoms with Crippen molar-refractivity contribution in [3.8, 4) is 0 Å². The number of hydrogen-bond acceptors (Lipinski definition) is 2. The summed E-state index contributed by atoms with van der Waals surface area (Å²) in [6.07, 6.45) is 0. The van der Waals surface area contributed by atoms with Crippen LogP contribution in [0, 0.1) is 11.2 Å². The molecule has 1 rings (SSSR count). The molecular weight excluding hydrogens is 243 g/mol. The molecule has 1 aromatic carbocycles. The van der Waals surface area contributed by atoms with Crippen LogP contribution >= 0.6 is 0 Å². The van der Waals surface area contributed by atoms with Gasteiger partial charge in [-0.15, -0.1) is 0 Å². The first kappa shape index (κ1) is 15.6. The third-order valence-corrected chi connectivity index (χ3v) is 3.48. The molecule has 0 aliphatic heterocycles. The fourth-order valence-corrected chi connectivity index (χ4v) is 1.75. The molecule has 0 spiro atoms. The van der Waals surface area contributed by atoms with Crippen LogP contribution in [-0.4, -0.2) is 23.9 Å². The van der Waals surface area contributed by atoms with Crippen molar-refractivity contribution in [3.05, 3.63) is 35.6 Å². The first-order valence-corrected chi connectivity index (χ1v) is 6.42. The van der Waals surface area contributed by atoms with Crippen molar-refractivity contribution in [1.29, 1.82) is 0 Å². The quantitative estimate of drug-likeness (QED) is 0.914. The Bertz CT molecular complexity index is 436. The zero-order chi connectivity index (χ0) is 14.8. The molecule has 0 heterocycles. The summed E-state index contributed by atoms with van der Waals surface area (Å²) >= 11 is 0. The predicted molar refractivity (Wildman–Crippen MR) is 75.0 cm³/mol. The van der Waals surface area contributed by atoms with Crippen molar-refractivity contribution >= 4 is 5.91 Å². The molecule has 106 valence electrons. The number of hydrogen-bond donors (Lipinski definition) is 1. The lowest BCUT2D eigenvalue weighted by molar-refractivity contribution is -0.135. The molecule has 3 nitrogen and oxygen atoms in total. The number of amides is 1. The Morgan fingerprint density at radius 1 is 1.26 bits per heavy atom. The van der Waals surface area contributed by atoms with Gasteiger partial charge in [0.1, 0.15) is 5.82 Å². The minimum Gasteiger partial charge on any atom is -0.338 e. The molecule has 1 amide bonds. The van der Waals surface area contributed by atoms with Gasteiger partial charge in [-0.2, -0.15) is 0 Å². The Kier molecular flexibility index (Phi) is 4.69. The maximum absolute atomic E-state index is 12.9. The standard InChI is InChI=1S/C15H23FN2O/c1-10(11-6-8-12(16)9-7-11)18(5)14(19)13(17)15(2,3)4/h6-10,13H,17H2,1-5H3/t10?,13-/m0/s1. The van der Waals surface area contributed by atoms with Crippen LogP contribution < -0.4 is 5.73 Å². The van der Waals surface area contributed by atoms with E-state index in [-0.39, 0.29) is 23.2 Å². The average molecular weight is 266 g/mol. The van der Waals surface area contributed by atoms with Crippen LogP contribution in [0.15, 0.2) is 24.3 Å². The van der Waals surface area contributed by atoms with Crippen molar-refractivity contribution in [1.82, 2.24) is 4.90 Å². The van der Waals surface area contributed by atoms with E-state index >= 15 is 0 Å². The molecular formula is C15H23FN2O. The number of nitrogens with zero attached hydrogens (tertiary/aromatic N) is 1. The Hall–Kier alpha value is -1.42. The minimum absolute atomic E-state index is 0.107. The third kappa shape index (κ3) is 3.77. The highest BCUT2D eigenvalue weighted by Crippen LogP contribution is 2.24. The molecule has 0 aromatic heterocycles. The zero-order valence-corrected chi connectivity index (χ0v) is 12.3. The Balaban J connectivity index is 2.85. The van der Waals surface area contributed by atoms with E-state index in [1.54, 1.807) is 24.1 Å². The van der Waals surface area contributed by atoms with Crippen LogP contribution in [0.5, 0.6) is 0 Å². The van der Waals surface area contributed by atoms with Crippen LogP contribution in [0.2, 0.25) is 0 Å². The van der Waals surface area contributed by atoms with Crippen LogP contribution in [0.3, 0.4) is 0 Å². The summed E-state index contributed by atoms with van der Waals surface area (Å²) in [7, 11) is 1.72. The van der Waals surface area contributed by atoms with Crippen molar-refractivity contribution in [2.24, 2.45) is 11.1 Å². The largest absolute Gasteiger partial charge is 0.338 e. The molecule has 0 radical (unpaired) electrons. The van der Waals surface area contributed by atoms with E-state index in [0.717, 1.165) is 5.56 Å². The van der Waals surface area contributed by atoms with E-state index < -0.39 is 6.04 Å². The number of nitrogens with two attached hydrogens (primary N) is 1. The molecule has 0 bridgehead atoms. The normalized spacial score (nSPS) is 14.9. The van der Waals surface area contributed by atoms with Gasteiger partial charge in [0, 0.05) is 7.05 Å². The van der Waals surface area contributed by atoms with E-state index in [1.807, 2.05) is 27.7 Å². The molecule has 1 aromatic rings. The summed E-state index contributed by atoms with van der Waals surface area (Å²) in [5, 5.41) is 0. The summed E-state index contributed by atoms with van der Waals surface area (Å²) in [6, 6.07) is 5.47. The molecule has 0 fully saturated rings. The molecule has 0 saturated heterocycles. The minimum atomic E-state index is -0.555. The molecule has 2 atom stereocenters. The van der Waals surface area contributed by atoms with Crippen molar-refractivity contribution in [3.63, 3.8) is 0 Å². The Morgan fingerprint density at radius 3 is 2.16 bits per heavy atom. The van der Waals surface area contributed by atoms with Crippen molar-refractivity contribution in [2.75, 3.05) is 7.05 Å². The highest BCUT2D eigenvalue weighted by Gasteiger charge is 2.31. The van der Waals surface area contributed by atoms with Gasteiger partial charge in [0.25, 0.3) is 0 Å². The molecule has 0 aliphatic rings. The van der Waals surface area contributed by atoms with Gasteiger partial charge in [0.2, 0.25) is 5.91 Å². The number of rotatable bonds is 3. The van der Waals surface area contributed by atoms with Crippen molar-refractivity contribution < 1.29 is 9.18 Å². The number of halogens is 1. The van der Waals surface area contributed by atoms with Gasteiger partial charge in [0.05, 0.1) is 12.1 Å². The SMILES string of the molecule is CC(c1ccc(F)cc1)N(C)C(=O)[C@H](N)C(C)(C)C. The molecule has 2 N–H and O–H groups in total. The highest BCUT2D eigenvalue weighted by atomic mass is 19.1. The van der Waals surface area contributed by atoms with E-state index in [1.165, 1.54) is 12.1 Å². The summed E-state index contributed by atoms with van der Waals surface area (Å²) in [5.74, 6) is -0.388. The Morgan fingerprint density at radius 2 is 1.74 bits per heavy atom. The lowest BCUT2D eigenvalue weighted by Gasteiger charge is -2.33. The summed E-state index contributed by atoms with van der Waals surface area (Å²) in [6.45, 7) is 7.71. The summed E-state index contributed by atoms with van der Waals surface area (Å²) in [4.78, 5) is 13.9.